The van der Waals surface area contributed by atoms with E-state index in [9.17, 15) is 5.11 Å². The largest absolute Gasteiger partial charge is 0.508 e. The lowest BCUT2D eigenvalue weighted by Gasteiger charge is -2.29. The molecule has 2 aliphatic heterocycles. The summed E-state index contributed by atoms with van der Waals surface area (Å²) in [5.41, 5.74) is 3.85. The van der Waals surface area contributed by atoms with E-state index in [4.69, 9.17) is 0 Å². The molecule has 2 aliphatic rings. The number of nitrogens with zero attached hydrogens (tertiary/aromatic N) is 1. The fraction of sp³-hybridized carbons (Fsp3) is 0.333. The predicted octanol–water partition coefficient (Wildman–Crippen LogP) is 3.31. The van der Waals surface area contributed by atoms with Crippen molar-refractivity contribution >= 4 is 5.69 Å². The van der Waals surface area contributed by atoms with Gasteiger partial charge < -0.3 is 10.4 Å². The van der Waals surface area contributed by atoms with E-state index in [0.717, 1.165) is 25.2 Å². The highest BCUT2D eigenvalue weighted by Gasteiger charge is 2.50. The maximum atomic E-state index is 9.79. The van der Waals surface area contributed by atoms with Crippen LogP contribution in [0.15, 0.2) is 48.5 Å². The Morgan fingerprint density at radius 2 is 2.05 bits per heavy atom. The fourth-order valence-electron chi connectivity index (χ4n) is 3.84. The Labute approximate surface area is 125 Å². The quantitative estimate of drug-likeness (QED) is 0.828. The van der Waals surface area contributed by atoms with Crippen molar-refractivity contribution < 1.29 is 5.11 Å². The van der Waals surface area contributed by atoms with Crippen LogP contribution in [0.25, 0.3) is 0 Å². The first-order chi connectivity index (χ1) is 10.2. The molecule has 1 fully saturated rings. The van der Waals surface area contributed by atoms with Gasteiger partial charge in [0.1, 0.15) is 5.75 Å². The first kappa shape index (κ1) is 12.7. The molecule has 4 rings (SSSR count). The van der Waals surface area contributed by atoms with Crippen LogP contribution in [0.5, 0.6) is 5.75 Å². The van der Waals surface area contributed by atoms with Crippen molar-refractivity contribution in [1.29, 1.82) is 0 Å². The summed E-state index contributed by atoms with van der Waals surface area (Å²) < 4.78 is 0. The molecule has 0 unspecified atom stereocenters. The number of phenolic OH excluding ortho intramolecular Hbond substituents is 1. The Kier molecular flexibility index (Phi) is 2.73. The number of nitrogens with one attached hydrogen (secondary N) is 1. The van der Waals surface area contributed by atoms with Gasteiger partial charge in [0.25, 0.3) is 0 Å². The highest BCUT2D eigenvalue weighted by atomic mass is 16.3. The Hall–Kier alpha value is -2.00. The summed E-state index contributed by atoms with van der Waals surface area (Å²) in [5, 5.41) is 13.4. The van der Waals surface area contributed by atoms with Gasteiger partial charge in [0.15, 0.2) is 0 Å². The third-order valence-corrected chi connectivity index (χ3v) is 5.03. The van der Waals surface area contributed by atoms with E-state index in [1.165, 1.54) is 11.1 Å². The van der Waals surface area contributed by atoms with E-state index < -0.39 is 0 Å². The summed E-state index contributed by atoms with van der Waals surface area (Å²) in [6.07, 6.45) is 1.43. The van der Waals surface area contributed by atoms with Gasteiger partial charge in [-0.25, -0.2) is 0 Å². The molecule has 0 amide bonds. The van der Waals surface area contributed by atoms with Crippen LogP contribution in [0, 0.1) is 0 Å². The van der Waals surface area contributed by atoms with Gasteiger partial charge in [-0.3, -0.25) is 4.90 Å². The van der Waals surface area contributed by atoms with Crippen LogP contribution < -0.4 is 5.32 Å². The number of hydrogen-bond donors (Lipinski definition) is 2. The van der Waals surface area contributed by atoms with Crippen LogP contribution in [-0.2, 0) is 12.0 Å². The lowest BCUT2D eigenvalue weighted by molar-refractivity contribution is 0.239. The minimum atomic E-state index is 0.0862. The van der Waals surface area contributed by atoms with Gasteiger partial charge in [0.2, 0.25) is 0 Å². The van der Waals surface area contributed by atoms with Gasteiger partial charge >= 0.3 is 0 Å². The van der Waals surface area contributed by atoms with Gasteiger partial charge in [0.05, 0.1) is 6.17 Å². The number of rotatable bonds is 2. The lowest BCUT2D eigenvalue weighted by atomic mass is 9.81. The van der Waals surface area contributed by atoms with Crippen LogP contribution in [0.2, 0.25) is 0 Å². The number of aromatic hydroxyl groups is 1. The van der Waals surface area contributed by atoms with E-state index in [1.807, 2.05) is 12.1 Å². The SMILES string of the molecule is C[C@@]12CCN(Cc3ccccc3)[C@@H]1Nc1ccc(O)cc12. The highest BCUT2D eigenvalue weighted by Crippen LogP contribution is 2.49. The smallest absolute Gasteiger partial charge is 0.116 e. The standard InChI is InChI=1S/C18H20N2O/c1-18-9-10-20(12-13-5-3-2-4-6-13)17(18)19-16-8-7-14(21)11-15(16)18/h2-8,11,17,19,21H,9-10,12H2,1H3/t17-,18-/m0/s1. The molecule has 0 saturated carbocycles. The first-order valence-electron chi connectivity index (χ1n) is 7.55. The molecule has 0 aromatic heterocycles. The average Bonchev–Trinajstić information content (AvgIpc) is 2.95. The Morgan fingerprint density at radius 1 is 1.24 bits per heavy atom. The van der Waals surface area contributed by atoms with E-state index in [0.29, 0.717) is 11.9 Å². The number of fused-ring (bicyclic) bond motifs is 3. The molecule has 2 aromatic rings. The molecule has 21 heavy (non-hydrogen) atoms. The predicted molar refractivity (Wildman–Crippen MR) is 84.3 cm³/mol. The summed E-state index contributed by atoms with van der Waals surface area (Å²) in [7, 11) is 0. The third kappa shape index (κ3) is 1.92. The molecule has 0 spiro atoms. The van der Waals surface area contributed by atoms with Crippen molar-refractivity contribution in [2.45, 2.75) is 31.5 Å². The van der Waals surface area contributed by atoms with E-state index in [2.05, 4.69) is 47.5 Å². The zero-order valence-corrected chi connectivity index (χ0v) is 12.2. The summed E-state index contributed by atoms with van der Waals surface area (Å²) in [5.74, 6) is 0.360. The van der Waals surface area contributed by atoms with E-state index in [1.54, 1.807) is 6.07 Å². The highest BCUT2D eigenvalue weighted by molar-refractivity contribution is 5.64. The zero-order valence-electron chi connectivity index (χ0n) is 12.2. The maximum Gasteiger partial charge on any atom is 0.116 e. The van der Waals surface area contributed by atoms with Gasteiger partial charge in [0, 0.05) is 24.2 Å². The molecular formula is C18H20N2O. The molecule has 0 radical (unpaired) electrons. The number of benzene rings is 2. The molecule has 3 heteroatoms. The average molecular weight is 280 g/mol. The molecular weight excluding hydrogens is 260 g/mol. The molecule has 2 atom stereocenters. The van der Waals surface area contributed by atoms with Crippen molar-refractivity contribution in [3.8, 4) is 5.75 Å². The molecule has 0 bridgehead atoms. The van der Waals surface area contributed by atoms with Gasteiger partial charge in [-0.2, -0.15) is 0 Å². The Balaban J connectivity index is 1.64. The topological polar surface area (TPSA) is 35.5 Å². The number of likely N-dealkylation sites (tertiary alicyclic amines) is 1. The van der Waals surface area contributed by atoms with E-state index >= 15 is 0 Å². The monoisotopic (exact) mass is 280 g/mol. The van der Waals surface area contributed by atoms with Crippen LogP contribution >= 0.6 is 0 Å². The molecule has 0 aliphatic carbocycles. The number of phenols is 1. The summed E-state index contributed by atoms with van der Waals surface area (Å²) >= 11 is 0. The summed E-state index contributed by atoms with van der Waals surface area (Å²) in [4.78, 5) is 2.51. The Bertz CT molecular complexity index is 670. The van der Waals surface area contributed by atoms with Crippen LogP contribution in [0.4, 0.5) is 5.69 Å². The van der Waals surface area contributed by atoms with E-state index in [-0.39, 0.29) is 5.41 Å². The second-order valence-electron chi connectivity index (χ2n) is 6.40. The molecule has 2 aromatic carbocycles. The number of anilines is 1. The van der Waals surface area contributed by atoms with Gasteiger partial charge in [-0.05, 0) is 35.7 Å². The summed E-state index contributed by atoms with van der Waals surface area (Å²) in [6, 6.07) is 16.3. The third-order valence-electron chi connectivity index (χ3n) is 5.03. The molecule has 108 valence electrons. The normalized spacial score (nSPS) is 27.2. The van der Waals surface area contributed by atoms with Crippen molar-refractivity contribution in [2.75, 3.05) is 11.9 Å². The summed E-state index contributed by atoms with van der Waals surface area (Å²) in [6.45, 7) is 4.35. The molecule has 2 heterocycles. The van der Waals surface area contributed by atoms with Crippen molar-refractivity contribution in [3.05, 3.63) is 59.7 Å². The lowest BCUT2D eigenvalue weighted by Crippen LogP contribution is -2.41. The van der Waals surface area contributed by atoms with Gasteiger partial charge in [-0.1, -0.05) is 37.3 Å². The van der Waals surface area contributed by atoms with Crippen LogP contribution in [-0.4, -0.2) is 22.7 Å². The minimum Gasteiger partial charge on any atom is -0.508 e. The van der Waals surface area contributed by atoms with Crippen molar-refractivity contribution in [1.82, 2.24) is 4.90 Å². The number of hydrogen-bond acceptors (Lipinski definition) is 3. The maximum absolute atomic E-state index is 9.79. The minimum absolute atomic E-state index is 0.0862. The van der Waals surface area contributed by atoms with Crippen molar-refractivity contribution in [2.24, 2.45) is 0 Å². The molecule has 2 N–H and O–H groups in total. The first-order valence-corrected chi connectivity index (χ1v) is 7.55. The molecule has 3 nitrogen and oxygen atoms in total. The van der Waals surface area contributed by atoms with Gasteiger partial charge in [-0.15, -0.1) is 0 Å². The molecule has 1 saturated heterocycles. The second-order valence-corrected chi connectivity index (χ2v) is 6.40. The fourth-order valence-corrected chi connectivity index (χ4v) is 3.84. The Morgan fingerprint density at radius 3 is 2.86 bits per heavy atom. The van der Waals surface area contributed by atoms with Crippen LogP contribution in [0.3, 0.4) is 0 Å². The second kappa shape index (κ2) is 4.50. The van der Waals surface area contributed by atoms with Crippen molar-refractivity contribution in [3.63, 3.8) is 0 Å². The zero-order chi connectivity index (χ0) is 14.4. The van der Waals surface area contributed by atoms with Crippen LogP contribution in [0.1, 0.15) is 24.5 Å².